The van der Waals surface area contributed by atoms with Gasteiger partial charge in [0.1, 0.15) is 11.6 Å². The lowest BCUT2D eigenvalue weighted by atomic mass is 10.0. The molecule has 0 atom stereocenters. The highest BCUT2D eigenvalue weighted by Gasteiger charge is 2.27. The minimum atomic E-state index is -3.32. The second-order valence-corrected chi connectivity index (χ2v) is 7.62. The molecule has 0 aliphatic heterocycles. The first-order valence-corrected chi connectivity index (χ1v) is 9.09. The average molecular weight is 320 g/mol. The largest absolute Gasteiger partial charge is 0.288 e. The van der Waals surface area contributed by atoms with E-state index >= 15 is 0 Å². The van der Waals surface area contributed by atoms with Crippen LogP contribution in [0, 0.1) is 6.92 Å². The van der Waals surface area contributed by atoms with Gasteiger partial charge in [-0.15, -0.1) is 0 Å². The molecule has 1 N–H and O–H groups in total. The van der Waals surface area contributed by atoms with Crippen LogP contribution in [0.4, 0.5) is 5.69 Å². The first-order chi connectivity index (χ1) is 10.6. The third-order valence-electron chi connectivity index (χ3n) is 4.07. The van der Waals surface area contributed by atoms with Crippen LogP contribution in [0.1, 0.15) is 37.9 Å². The van der Waals surface area contributed by atoms with Crippen LogP contribution in [-0.2, 0) is 10.0 Å². The number of sulfonamides is 1. The number of aryl methyl sites for hydroxylation is 1. The van der Waals surface area contributed by atoms with Gasteiger partial charge in [-0.25, -0.2) is 18.4 Å². The summed E-state index contributed by atoms with van der Waals surface area (Å²) >= 11 is 0. The standard InChI is InChI=1S/C15H20N4O2S/c1-12-16-9-10-19(12)15-8-7-13(11-17-15)18-22(20,21)14-5-3-2-4-6-14/h7-11,14,18H,2-6H2,1H3. The molecule has 3 rings (SSSR count). The summed E-state index contributed by atoms with van der Waals surface area (Å²) in [5.74, 6) is 1.55. The highest BCUT2D eigenvalue weighted by atomic mass is 32.2. The molecule has 118 valence electrons. The average Bonchev–Trinajstić information content (AvgIpc) is 2.95. The maximum absolute atomic E-state index is 12.4. The van der Waals surface area contributed by atoms with E-state index in [1.807, 2.05) is 17.7 Å². The van der Waals surface area contributed by atoms with Crippen molar-refractivity contribution >= 4 is 15.7 Å². The van der Waals surface area contributed by atoms with Crippen molar-refractivity contribution in [1.82, 2.24) is 14.5 Å². The van der Waals surface area contributed by atoms with Gasteiger partial charge in [0.2, 0.25) is 10.0 Å². The fourth-order valence-electron chi connectivity index (χ4n) is 2.83. The molecular weight excluding hydrogens is 300 g/mol. The molecule has 1 fully saturated rings. The Hall–Kier alpha value is -1.89. The van der Waals surface area contributed by atoms with Crippen LogP contribution in [0.2, 0.25) is 0 Å². The summed E-state index contributed by atoms with van der Waals surface area (Å²) in [5.41, 5.74) is 0.507. The summed E-state index contributed by atoms with van der Waals surface area (Å²) in [6.45, 7) is 1.89. The highest BCUT2D eigenvalue weighted by Crippen LogP contribution is 2.25. The maximum atomic E-state index is 12.4. The van der Waals surface area contributed by atoms with E-state index in [0.717, 1.165) is 43.7 Å². The van der Waals surface area contributed by atoms with Gasteiger partial charge in [0.15, 0.2) is 0 Å². The zero-order chi connectivity index (χ0) is 15.6. The minimum Gasteiger partial charge on any atom is -0.288 e. The predicted octanol–water partition coefficient (Wildman–Crippen LogP) is 2.65. The van der Waals surface area contributed by atoms with Crippen molar-refractivity contribution in [2.75, 3.05) is 4.72 Å². The minimum absolute atomic E-state index is 0.281. The molecule has 0 aromatic carbocycles. The molecule has 2 aromatic heterocycles. The van der Waals surface area contributed by atoms with Crippen LogP contribution in [0.3, 0.4) is 0 Å². The number of anilines is 1. The van der Waals surface area contributed by atoms with Crippen molar-refractivity contribution in [2.24, 2.45) is 0 Å². The van der Waals surface area contributed by atoms with Gasteiger partial charge in [0.05, 0.1) is 17.1 Å². The van der Waals surface area contributed by atoms with Crippen molar-refractivity contribution < 1.29 is 8.42 Å². The molecule has 22 heavy (non-hydrogen) atoms. The van der Waals surface area contributed by atoms with Crippen LogP contribution < -0.4 is 4.72 Å². The van der Waals surface area contributed by atoms with Crippen molar-refractivity contribution in [3.05, 3.63) is 36.5 Å². The summed E-state index contributed by atoms with van der Waals surface area (Å²) in [6, 6.07) is 3.52. The van der Waals surface area contributed by atoms with Crippen LogP contribution in [0.25, 0.3) is 5.82 Å². The van der Waals surface area contributed by atoms with Gasteiger partial charge < -0.3 is 0 Å². The molecule has 1 aliphatic rings. The number of hydrogen-bond acceptors (Lipinski definition) is 4. The van der Waals surface area contributed by atoms with Crippen LogP contribution >= 0.6 is 0 Å². The van der Waals surface area contributed by atoms with Gasteiger partial charge in [-0.3, -0.25) is 9.29 Å². The van der Waals surface area contributed by atoms with Gasteiger partial charge in [-0.1, -0.05) is 19.3 Å². The predicted molar refractivity (Wildman–Crippen MR) is 85.5 cm³/mol. The van der Waals surface area contributed by atoms with Crippen molar-refractivity contribution in [2.45, 2.75) is 44.3 Å². The lowest BCUT2D eigenvalue weighted by Gasteiger charge is -2.22. The fourth-order valence-corrected chi connectivity index (χ4v) is 4.40. The summed E-state index contributed by atoms with van der Waals surface area (Å²) in [7, 11) is -3.32. The smallest absolute Gasteiger partial charge is 0.235 e. The number of aromatic nitrogens is 3. The molecule has 0 radical (unpaired) electrons. The Kier molecular flexibility index (Phi) is 4.15. The summed E-state index contributed by atoms with van der Waals surface area (Å²) in [6.07, 6.45) is 9.68. The lowest BCUT2D eigenvalue weighted by Crippen LogP contribution is -2.29. The summed E-state index contributed by atoms with van der Waals surface area (Å²) < 4.78 is 29.2. The van der Waals surface area contributed by atoms with Crippen molar-refractivity contribution in [3.8, 4) is 5.82 Å². The van der Waals surface area contributed by atoms with Gasteiger partial charge in [0.25, 0.3) is 0 Å². The normalized spacial score (nSPS) is 16.6. The first kappa shape index (κ1) is 15.0. The number of imidazole rings is 1. The number of rotatable bonds is 4. The third kappa shape index (κ3) is 3.14. The number of hydrogen-bond donors (Lipinski definition) is 1. The van der Waals surface area contributed by atoms with Gasteiger partial charge in [0, 0.05) is 12.4 Å². The van der Waals surface area contributed by atoms with Gasteiger partial charge >= 0.3 is 0 Å². The Morgan fingerprint density at radius 2 is 1.95 bits per heavy atom. The van der Waals surface area contributed by atoms with Crippen LogP contribution in [0.5, 0.6) is 0 Å². The van der Waals surface area contributed by atoms with E-state index in [0.29, 0.717) is 5.69 Å². The van der Waals surface area contributed by atoms with E-state index in [1.54, 1.807) is 24.5 Å². The van der Waals surface area contributed by atoms with E-state index in [9.17, 15) is 8.42 Å². The summed E-state index contributed by atoms with van der Waals surface area (Å²) in [5, 5.41) is -0.281. The Morgan fingerprint density at radius 3 is 2.55 bits per heavy atom. The Morgan fingerprint density at radius 1 is 1.18 bits per heavy atom. The van der Waals surface area contributed by atoms with Gasteiger partial charge in [-0.2, -0.15) is 0 Å². The van der Waals surface area contributed by atoms with Crippen LogP contribution in [0.15, 0.2) is 30.7 Å². The molecule has 0 spiro atoms. The second-order valence-electron chi connectivity index (χ2n) is 5.66. The van der Waals surface area contributed by atoms with E-state index in [4.69, 9.17) is 0 Å². The molecule has 1 saturated carbocycles. The van der Waals surface area contributed by atoms with Crippen molar-refractivity contribution in [3.63, 3.8) is 0 Å². The molecule has 7 heteroatoms. The van der Waals surface area contributed by atoms with E-state index in [-0.39, 0.29) is 5.25 Å². The number of nitrogens with zero attached hydrogens (tertiary/aromatic N) is 3. The topological polar surface area (TPSA) is 76.9 Å². The number of pyridine rings is 1. The molecule has 6 nitrogen and oxygen atoms in total. The molecule has 1 aliphatic carbocycles. The van der Waals surface area contributed by atoms with Gasteiger partial charge in [-0.05, 0) is 31.9 Å². The SMILES string of the molecule is Cc1nccn1-c1ccc(NS(=O)(=O)C2CCCCC2)cn1. The number of nitrogens with one attached hydrogen (secondary N) is 1. The molecule has 2 aromatic rings. The summed E-state index contributed by atoms with van der Waals surface area (Å²) in [4.78, 5) is 8.45. The van der Waals surface area contributed by atoms with Crippen LogP contribution in [-0.4, -0.2) is 28.2 Å². The second kappa shape index (κ2) is 6.08. The molecule has 0 unspecified atom stereocenters. The molecule has 0 bridgehead atoms. The first-order valence-electron chi connectivity index (χ1n) is 7.54. The quantitative estimate of drug-likeness (QED) is 0.939. The van der Waals surface area contributed by atoms with Crippen molar-refractivity contribution in [1.29, 1.82) is 0 Å². The Labute approximate surface area is 130 Å². The zero-order valence-electron chi connectivity index (χ0n) is 12.6. The van der Waals surface area contributed by atoms with E-state index in [2.05, 4.69) is 14.7 Å². The fraction of sp³-hybridized carbons (Fsp3) is 0.467. The molecular formula is C15H20N4O2S. The highest BCUT2D eigenvalue weighted by molar-refractivity contribution is 7.93. The third-order valence-corrected chi connectivity index (χ3v) is 5.94. The maximum Gasteiger partial charge on any atom is 0.235 e. The Balaban J connectivity index is 1.74. The van der Waals surface area contributed by atoms with E-state index < -0.39 is 10.0 Å². The van der Waals surface area contributed by atoms with E-state index in [1.165, 1.54) is 0 Å². The zero-order valence-corrected chi connectivity index (χ0v) is 13.4. The Bertz CT molecular complexity index is 731. The molecule has 2 heterocycles. The lowest BCUT2D eigenvalue weighted by molar-refractivity contribution is 0.486. The monoisotopic (exact) mass is 320 g/mol. The molecule has 0 amide bonds. The molecule has 0 saturated heterocycles.